The highest BCUT2D eigenvalue weighted by molar-refractivity contribution is 6.34. The van der Waals surface area contributed by atoms with Crippen molar-refractivity contribution in [2.75, 3.05) is 4.90 Å². The zero-order valence-corrected chi connectivity index (χ0v) is 13.3. The van der Waals surface area contributed by atoms with Crippen molar-refractivity contribution < 1.29 is 9.59 Å². The summed E-state index contributed by atoms with van der Waals surface area (Å²) in [5.74, 6) is -0.352. The van der Waals surface area contributed by atoms with E-state index in [1.54, 1.807) is 41.2 Å². The van der Waals surface area contributed by atoms with E-state index >= 15 is 0 Å². The number of carbonyl (C=O) groups excluding carboxylic acids is 2. The third-order valence-electron chi connectivity index (χ3n) is 3.91. The lowest BCUT2D eigenvalue weighted by molar-refractivity contribution is 0.0925. The fourth-order valence-corrected chi connectivity index (χ4v) is 2.86. The van der Waals surface area contributed by atoms with Gasteiger partial charge in [-0.05, 0) is 29.8 Å². The maximum atomic E-state index is 12.5. The predicted molar refractivity (Wildman–Crippen MR) is 90.4 cm³/mol. The fraction of sp³-hybridized carbons (Fsp3) is 0.0556. The number of fused-ring (bicyclic) bond motifs is 1. The standard InChI is InChI=1S/C18H12ClN3O2/c19-13-7-5-12(6-8-13)11-21-10-9-16(20-21)22-17(23)14-3-1-2-4-15(14)18(22)24/h1-10H,11H2. The number of rotatable bonds is 3. The Kier molecular flexibility index (Phi) is 3.43. The van der Waals surface area contributed by atoms with Gasteiger partial charge in [0.1, 0.15) is 0 Å². The zero-order chi connectivity index (χ0) is 16.7. The van der Waals surface area contributed by atoms with Crippen molar-refractivity contribution in [2.24, 2.45) is 0 Å². The van der Waals surface area contributed by atoms with Gasteiger partial charge in [0.15, 0.2) is 5.82 Å². The quantitative estimate of drug-likeness (QED) is 0.688. The lowest BCUT2D eigenvalue weighted by atomic mass is 10.1. The van der Waals surface area contributed by atoms with Crippen LogP contribution in [0, 0.1) is 0 Å². The summed E-state index contributed by atoms with van der Waals surface area (Å²) in [4.78, 5) is 26.0. The number of imide groups is 1. The van der Waals surface area contributed by atoms with E-state index in [0.29, 0.717) is 28.5 Å². The molecule has 0 radical (unpaired) electrons. The molecule has 0 unspecified atom stereocenters. The molecule has 6 heteroatoms. The molecule has 2 amide bonds. The van der Waals surface area contributed by atoms with Gasteiger partial charge in [-0.3, -0.25) is 14.3 Å². The van der Waals surface area contributed by atoms with Crippen LogP contribution in [0.5, 0.6) is 0 Å². The molecule has 1 aliphatic heterocycles. The number of amides is 2. The smallest absolute Gasteiger partial charge is 0.267 e. The van der Waals surface area contributed by atoms with Gasteiger partial charge >= 0.3 is 0 Å². The van der Waals surface area contributed by atoms with Gasteiger partial charge in [0.2, 0.25) is 0 Å². The maximum absolute atomic E-state index is 12.5. The SMILES string of the molecule is O=C1c2ccccc2C(=O)N1c1ccn(Cc2ccc(Cl)cc2)n1. The van der Waals surface area contributed by atoms with Crippen LogP contribution in [0.3, 0.4) is 0 Å². The number of aromatic nitrogens is 2. The van der Waals surface area contributed by atoms with Crippen LogP contribution in [0.15, 0.2) is 60.8 Å². The Balaban J connectivity index is 1.61. The number of hydrogen-bond donors (Lipinski definition) is 0. The molecule has 1 aromatic heterocycles. The van der Waals surface area contributed by atoms with Crippen LogP contribution < -0.4 is 4.90 Å². The van der Waals surface area contributed by atoms with Crippen LogP contribution in [-0.4, -0.2) is 21.6 Å². The lowest BCUT2D eigenvalue weighted by Crippen LogP contribution is -2.29. The normalized spacial score (nSPS) is 13.5. The van der Waals surface area contributed by atoms with E-state index in [4.69, 9.17) is 11.6 Å². The molecule has 0 fully saturated rings. The Morgan fingerprint density at radius 3 is 2.12 bits per heavy atom. The molecule has 5 nitrogen and oxygen atoms in total. The molecule has 3 aromatic rings. The van der Waals surface area contributed by atoms with Gasteiger partial charge in [-0.25, -0.2) is 4.90 Å². The number of hydrogen-bond acceptors (Lipinski definition) is 3. The molecule has 4 rings (SSSR count). The molecular weight excluding hydrogens is 326 g/mol. The first-order chi connectivity index (χ1) is 11.6. The van der Waals surface area contributed by atoms with Gasteiger partial charge in [-0.2, -0.15) is 5.10 Å². The van der Waals surface area contributed by atoms with Crippen LogP contribution in [0.4, 0.5) is 5.82 Å². The van der Waals surface area contributed by atoms with Crippen molar-refractivity contribution in [1.82, 2.24) is 9.78 Å². The second-order valence-corrected chi connectivity index (χ2v) is 5.93. The Bertz CT molecular complexity index is 912. The molecule has 24 heavy (non-hydrogen) atoms. The first-order valence-corrected chi connectivity index (χ1v) is 7.77. The van der Waals surface area contributed by atoms with Gasteiger partial charge < -0.3 is 0 Å². The zero-order valence-electron chi connectivity index (χ0n) is 12.5. The van der Waals surface area contributed by atoms with Gasteiger partial charge in [0, 0.05) is 17.3 Å². The molecule has 0 saturated carbocycles. The number of carbonyl (C=O) groups is 2. The van der Waals surface area contributed by atoms with Gasteiger partial charge in [0.25, 0.3) is 11.8 Å². The Morgan fingerprint density at radius 2 is 1.50 bits per heavy atom. The first kappa shape index (κ1) is 14.7. The van der Waals surface area contributed by atoms with E-state index < -0.39 is 0 Å². The molecule has 0 atom stereocenters. The summed E-state index contributed by atoms with van der Waals surface area (Å²) in [6, 6.07) is 15.9. The highest BCUT2D eigenvalue weighted by atomic mass is 35.5. The molecule has 0 saturated heterocycles. The van der Waals surface area contributed by atoms with Crippen molar-refractivity contribution in [3.63, 3.8) is 0 Å². The molecule has 118 valence electrons. The molecule has 2 heterocycles. The third kappa shape index (κ3) is 2.39. The Morgan fingerprint density at radius 1 is 0.875 bits per heavy atom. The minimum atomic E-state index is -0.340. The molecule has 1 aliphatic rings. The topological polar surface area (TPSA) is 55.2 Å². The Labute approximate surface area is 143 Å². The molecule has 0 spiro atoms. The Hall–Kier alpha value is -2.92. The second-order valence-electron chi connectivity index (χ2n) is 5.49. The van der Waals surface area contributed by atoms with E-state index in [-0.39, 0.29) is 11.8 Å². The summed E-state index contributed by atoms with van der Waals surface area (Å²) in [5.41, 5.74) is 1.85. The summed E-state index contributed by atoms with van der Waals surface area (Å²) < 4.78 is 1.68. The van der Waals surface area contributed by atoms with Crippen LogP contribution >= 0.6 is 11.6 Å². The first-order valence-electron chi connectivity index (χ1n) is 7.39. The van der Waals surface area contributed by atoms with Gasteiger partial charge in [0.05, 0.1) is 17.7 Å². The molecule has 2 aromatic carbocycles. The molecular formula is C18H12ClN3O2. The van der Waals surface area contributed by atoms with E-state index in [2.05, 4.69) is 5.10 Å². The number of anilines is 1. The van der Waals surface area contributed by atoms with Crippen LogP contribution in [0.25, 0.3) is 0 Å². The van der Waals surface area contributed by atoms with Crippen molar-refractivity contribution in [3.8, 4) is 0 Å². The summed E-state index contributed by atoms with van der Waals surface area (Å²) in [6.07, 6.45) is 1.74. The largest absolute Gasteiger partial charge is 0.268 e. The van der Waals surface area contributed by atoms with Crippen LogP contribution in [0.1, 0.15) is 26.3 Å². The lowest BCUT2D eigenvalue weighted by Gasteiger charge is -2.09. The monoisotopic (exact) mass is 337 g/mol. The highest BCUT2D eigenvalue weighted by Gasteiger charge is 2.37. The average molecular weight is 338 g/mol. The van der Waals surface area contributed by atoms with Gasteiger partial charge in [-0.15, -0.1) is 0 Å². The molecule has 0 aliphatic carbocycles. The van der Waals surface area contributed by atoms with Gasteiger partial charge in [-0.1, -0.05) is 35.9 Å². The van der Waals surface area contributed by atoms with Crippen LogP contribution in [0.2, 0.25) is 5.02 Å². The van der Waals surface area contributed by atoms with Crippen LogP contribution in [-0.2, 0) is 6.54 Å². The van der Waals surface area contributed by atoms with Crippen molar-refractivity contribution >= 4 is 29.2 Å². The maximum Gasteiger partial charge on any atom is 0.267 e. The highest BCUT2D eigenvalue weighted by Crippen LogP contribution is 2.27. The second kappa shape index (κ2) is 5.62. The predicted octanol–water partition coefficient (Wildman–Crippen LogP) is 3.39. The molecule has 0 bridgehead atoms. The molecule has 0 N–H and O–H groups in total. The number of nitrogens with zero attached hydrogens (tertiary/aromatic N) is 3. The van der Waals surface area contributed by atoms with E-state index in [1.807, 2.05) is 24.3 Å². The third-order valence-corrected chi connectivity index (χ3v) is 4.16. The van der Waals surface area contributed by atoms with E-state index in [0.717, 1.165) is 10.5 Å². The summed E-state index contributed by atoms with van der Waals surface area (Å²) in [5, 5.41) is 5.03. The summed E-state index contributed by atoms with van der Waals surface area (Å²) >= 11 is 5.88. The minimum absolute atomic E-state index is 0.329. The van der Waals surface area contributed by atoms with Crippen molar-refractivity contribution in [3.05, 3.63) is 82.5 Å². The van der Waals surface area contributed by atoms with Crippen molar-refractivity contribution in [2.45, 2.75) is 6.54 Å². The number of benzene rings is 2. The average Bonchev–Trinajstić information content (AvgIpc) is 3.14. The minimum Gasteiger partial charge on any atom is -0.268 e. The summed E-state index contributed by atoms with van der Waals surface area (Å²) in [6.45, 7) is 0.528. The number of halogens is 1. The van der Waals surface area contributed by atoms with E-state index in [9.17, 15) is 9.59 Å². The van der Waals surface area contributed by atoms with E-state index in [1.165, 1.54) is 0 Å². The fourth-order valence-electron chi connectivity index (χ4n) is 2.73. The van der Waals surface area contributed by atoms with Crippen molar-refractivity contribution in [1.29, 1.82) is 0 Å². The summed E-state index contributed by atoms with van der Waals surface area (Å²) in [7, 11) is 0.